The van der Waals surface area contributed by atoms with Crippen LogP contribution in [0.5, 0.6) is 0 Å². The normalized spacial score (nSPS) is 13.1. The molecule has 0 amide bonds. The molecule has 1 rings (SSSR count). The number of aliphatic hydroxyl groups excluding tert-OH is 1. The molecule has 0 saturated heterocycles. The molecular weight excluding hydrogens is 162 g/mol. The molecule has 13 heavy (non-hydrogen) atoms. The highest BCUT2D eigenvalue weighted by atomic mass is 16.3. The molecule has 0 atom stereocenters. The quantitative estimate of drug-likeness (QED) is 0.544. The van der Waals surface area contributed by atoms with Gasteiger partial charge in [0.25, 0.3) is 0 Å². The molecule has 0 bridgehead atoms. The van der Waals surface area contributed by atoms with Crippen LogP contribution in [0.3, 0.4) is 0 Å². The van der Waals surface area contributed by atoms with Gasteiger partial charge in [0.1, 0.15) is 5.76 Å². The number of nitrogens with zero attached hydrogens (tertiary/aromatic N) is 1. The van der Waals surface area contributed by atoms with E-state index in [2.05, 4.69) is 4.99 Å². The number of hydrogen-bond acceptors (Lipinski definition) is 2. The lowest BCUT2D eigenvalue weighted by Crippen LogP contribution is -1.95. The van der Waals surface area contributed by atoms with Crippen LogP contribution in [0.25, 0.3) is 6.08 Å². The van der Waals surface area contributed by atoms with Gasteiger partial charge >= 0.3 is 0 Å². The summed E-state index contributed by atoms with van der Waals surface area (Å²) in [4.78, 5) is 3.88. The Labute approximate surface area is 78.3 Å². The third-order valence-electron chi connectivity index (χ3n) is 1.81. The van der Waals surface area contributed by atoms with E-state index in [0.717, 1.165) is 5.56 Å². The largest absolute Gasteiger partial charge is 0.506 e. The highest BCUT2D eigenvalue weighted by Gasteiger charge is 1.96. The lowest BCUT2D eigenvalue weighted by Gasteiger charge is -1.97. The van der Waals surface area contributed by atoms with Gasteiger partial charge in [-0.25, -0.2) is 0 Å². The summed E-state index contributed by atoms with van der Waals surface area (Å²) in [5.41, 5.74) is 1.62. The molecular formula is C11H13NO. The minimum Gasteiger partial charge on any atom is -0.506 e. The van der Waals surface area contributed by atoms with Crippen LogP contribution in [0.15, 0.2) is 41.1 Å². The van der Waals surface area contributed by atoms with Crippen molar-refractivity contribution in [2.75, 3.05) is 7.05 Å². The van der Waals surface area contributed by atoms with Gasteiger partial charge < -0.3 is 5.11 Å². The van der Waals surface area contributed by atoms with Gasteiger partial charge in [0, 0.05) is 7.05 Å². The van der Waals surface area contributed by atoms with E-state index in [0.29, 0.717) is 5.71 Å². The van der Waals surface area contributed by atoms with E-state index in [1.807, 2.05) is 30.3 Å². The monoisotopic (exact) mass is 175 g/mol. The number of rotatable bonds is 2. The number of aliphatic hydroxyl groups is 1. The molecule has 2 nitrogen and oxygen atoms in total. The molecule has 0 spiro atoms. The first-order valence-corrected chi connectivity index (χ1v) is 4.13. The van der Waals surface area contributed by atoms with Gasteiger partial charge in [-0.2, -0.15) is 0 Å². The van der Waals surface area contributed by atoms with E-state index in [1.54, 1.807) is 20.0 Å². The maximum atomic E-state index is 9.50. The Balaban J connectivity index is 2.89. The van der Waals surface area contributed by atoms with Gasteiger partial charge in [0.05, 0.1) is 5.71 Å². The molecule has 1 aromatic rings. The summed E-state index contributed by atoms with van der Waals surface area (Å²) in [5.74, 6) is 0.216. The molecule has 68 valence electrons. The maximum absolute atomic E-state index is 9.50. The summed E-state index contributed by atoms with van der Waals surface area (Å²) in [6.07, 6.45) is 1.70. The number of allylic oxidation sites excluding steroid dienone is 1. The van der Waals surface area contributed by atoms with E-state index in [1.165, 1.54) is 0 Å². The zero-order valence-electron chi connectivity index (χ0n) is 7.86. The standard InChI is InChI=1S/C11H13NO/c1-9(12-2)11(13)8-10-6-4-3-5-7-10/h3-8,13H,1-2H3/b11-8+,12-9-. The molecule has 2 heteroatoms. The highest BCUT2D eigenvalue weighted by molar-refractivity contribution is 5.99. The summed E-state index contributed by atoms with van der Waals surface area (Å²) >= 11 is 0. The predicted molar refractivity (Wildman–Crippen MR) is 56.1 cm³/mol. The second-order valence-electron chi connectivity index (χ2n) is 2.75. The molecule has 0 saturated carbocycles. The van der Waals surface area contributed by atoms with Crippen LogP contribution in [0.4, 0.5) is 0 Å². The van der Waals surface area contributed by atoms with Crippen LogP contribution in [-0.2, 0) is 0 Å². The first-order chi connectivity index (χ1) is 6.24. The molecule has 0 heterocycles. The molecule has 0 aliphatic heterocycles. The van der Waals surface area contributed by atoms with Gasteiger partial charge in [-0.3, -0.25) is 4.99 Å². The third-order valence-corrected chi connectivity index (χ3v) is 1.81. The molecule has 0 aliphatic rings. The molecule has 0 fully saturated rings. The van der Waals surface area contributed by atoms with Crippen molar-refractivity contribution in [1.82, 2.24) is 0 Å². The Morgan fingerprint density at radius 3 is 2.46 bits per heavy atom. The van der Waals surface area contributed by atoms with Crippen LogP contribution in [0.1, 0.15) is 12.5 Å². The number of benzene rings is 1. The fourth-order valence-corrected chi connectivity index (χ4v) is 0.926. The average molecular weight is 175 g/mol. The lowest BCUT2D eigenvalue weighted by atomic mass is 10.2. The predicted octanol–water partition coefficient (Wildman–Crippen LogP) is 2.68. The van der Waals surface area contributed by atoms with Crippen LogP contribution < -0.4 is 0 Å². The van der Waals surface area contributed by atoms with Crippen molar-refractivity contribution in [1.29, 1.82) is 0 Å². The van der Waals surface area contributed by atoms with Crippen LogP contribution in [0.2, 0.25) is 0 Å². The second-order valence-corrected chi connectivity index (χ2v) is 2.75. The smallest absolute Gasteiger partial charge is 0.136 e. The minimum absolute atomic E-state index is 0.216. The number of hydrogen-bond donors (Lipinski definition) is 1. The van der Waals surface area contributed by atoms with Gasteiger partial charge in [-0.15, -0.1) is 0 Å². The Morgan fingerprint density at radius 2 is 1.92 bits per heavy atom. The van der Waals surface area contributed by atoms with Crippen molar-refractivity contribution >= 4 is 11.8 Å². The van der Waals surface area contributed by atoms with E-state index in [4.69, 9.17) is 0 Å². The Kier molecular flexibility index (Phi) is 3.26. The van der Waals surface area contributed by atoms with E-state index in [-0.39, 0.29) is 5.76 Å². The average Bonchev–Trinajstić information content (AvgIpc) is 2.18. The first-order valence-electron chi connectivity index (χ1n) is 4.13. The van der Waals surface area contributed by atoms with Gasteiger partial charge in [-0.05, 0) is 18.6 Å². The Hall–Kier alpha value is -1.57. The molecule has 1 N–H and O–H groups in total. The molecule has 0 unspecified atom stereocenters. The van der Waals surface area contributed by atoms with E-state index < -0.39 is 0 Å². The fourth-order valence-electron chi connectivity index (χ4n) is 0.926. The van der Waals surface area contributed by atoms with Crippen LogP contribution in [0, 0.1) is 0 Å². The van der Waals surface area contributed by atoms with Gasteiger partial charge in [0.15, 0.2) is 0 Å². The zero-order chi connectivity index (χ0) is 9.68. The van der Waals surface area contributed by atoms with Crippen molar-refractivity contribution in [2.45, 2.75) is 6.92 Å². The molecule has 1 aromatic carbocycles. The summed E-state index contributed by atoms with van der Waals surface area (Å²) in [7, 11) is 1.66. The number of aliphatic imine (C=N–C) groups is 1. The first kappa shape index (κ1) is 9.52. The van der Waals surface area contributed by atoms with Crippen LogP contribution >= 0.6 is 0 Å². The Morgan fingerprint density at radius 1 is 1.31 bits per heavy atom. The zero-order valence-corrected chi connectivity index (χ0v) is 7.86. The SMILES string of the molecule is C/N=C(C)\C(O)=C/c1ccccc1. The molecule has 0 radical (unpaired) electrons. The third kappa shape index (κ3) is 2.75. The molecule has 0 aliphatic carbocycles. The van der Waals surface area contributed by atoms with Crippen molar-refractivity contribution in [3.05, 3.63) is 41.7 Å². The van der Waals surface area contributed by atoms with Crippen molar-refractivity contribution < 1.29 is 5.11 Å². The second kappa shape index (κ2) is 4.45. The summed E-state index contributed by atoms with van der Waals surface area (Å²) in [6, 6.07) is 9.66. The van der Waals surface area contributed by atoms with Gasteiger partial charge in [-0.1, -0.05) is 30.3 Å². The fraction of sp³-hybridized carbons (Fsp3) is 0.182. The maximum Gasteiger partial charge on any atom is 0.136 e. The highest BCUT2D eigenvalue weighted by Crippen LogP contribution is 2.05. The lowest BCUT2D eigenvalue weighted by molar-refractivity contribution is 0.447. The van der Waals surface area contributed by atoms with Gasteiger partial charge in [0.2, 0.25) is 0 Å². The summed E-state index contributed by atoms with van der Waals surface area (Å²) < 4.78 is 0. The van der Waals surface area contributed by atoms with Crippen molar-refractivity contribution in [3.8, 4) is 0 Å². The summed E-state index contributed by atoms with van der Waals surface area (Å²) in [5, 5.41) is 9.50. The van der Waals surface area contributed by atoms with Crippen molar-refractivity contribution in [2.24, 2.45) is 4.99 Å². The van der Waals surface area contributed by atoms with E-state index >= 15 is 0 Å². The minimum atomic E-state index is 0.216. The molecule has 0 aromatic heterocycles. The summed E-state index contributed by atoms with van der Waals surface area (Å²) in [6.45, 7) is 1.77. The van der Waals surface area contributed by atoms with Crippen LogP contribution in [-0.4, -0.2) is 17.9 Å². The Bertz CT molecular complexity index is 325. The van der Waals surface area contributed by atoms with Crippen molar-refractivity contribution in [3.63, 3.8) is 0 Å². The van der Waals surface area contributed by atoms with E-state index in [9.17, 15) is 5.11 Å². The topological polar surface area (TPSA) is 32.6 Å².